The van der Waals surface area contributed by atoms with Crippen LogP contribution in [0.1, 0.15) is 44.0 Å². The smallest absolute Gasteiger partial charge is 0.251 e. The monoisotopic (exact) mass is 313 g/mol. The third kappa shape index (κ3) is 6.60. The molecule has 5 nitrogen and oxygen atoms in total. The van der Waals surface area contributed by atoms with Gasteiger partial charge in [-0.3, -0.25) is 9.59 Å². The molecule has 0 aliphatic rings. The zero-order valence-electron chi connectivity index (χ0n) is 12.7. The molecule has 118 valence electrons. The molecule has 0 aromatic heterocycles. The van der Waals surface area contributed by atoms with E-state index in [1.165, 1.54) is 0 Å². The molecule has 1 aromatic carbocycles. The van der Waals surface area contributed by atoms with Crippen molar-refractivity contribution in [1.82, 2.24) is 5.32 Å². The summed E-state index contributed by atoms with van der Waals surface area (Å²) in [7, 11) is 0. The van der Waals surface area contributed by atoms with Gasteiger partial charge < -0.3 is 16.4 Å². The summed E-state index contributed by atoms with van der Waals surface area (Å²) in [4.78, 5) is 23.5. The van der Waals surface area contributed by atoms with Gasteiger partial charge in [-0.25, -0.2) is 0 Å². The van der Waals surface area contributed by atoms with Crippen molar-refractivity contribution in [1.29, 1.82) is 0 Å². The first-order valence-electron chi connectivity index (χ1n) is 6.91. The molecule has 0 saturated carbocycles. The highest BCUT2D eigenvalue weighted by Gasteiger charge is 2.12. The molecule has 21 heavy (non-hydrogen) atoms. The van der Waals surface area contributed by atoms with Crippen molar-refractivity contribution in [3.63, 3.8) is 0 Å². The molecule has 0 fully saturated rings. The summed E-state index contributed by atoms with van der Waals surface area (Å²) in [5.41, 5.74) is 6.94. The van der Waals surface area contributed by atoms with Gasteiger partial charge >= 0.3 is 0 Å². The Morgan fingerprint density at radius 2 is 1.76 bits per heavy atom. The first kappa shape index (κ1) is 19.4. The standard InChI is InChI=1S/C15H23N3O2.ClH/c1-4-5-13(16)15(20)18-12-8-6-11(7-9-12)14(19)17-10(2)3;/h6-10,13H,4-5,16H2,1-3H3,(H,17,19)(H,18,20);1H. The van der Waals surface area contributed by atoms with Gasteiger partial charge in [0.2, 0.25) is 5.91 Å². The topological polar surface area (TPSA) is 84.2 Å². The fourth-order valence-corrected chi connectivity index (χ4v) is 1.73. The van der Waals surface area contributed by atoms with E-state index in [0.29, 0.717) is 17.7 Å². The number of anilines is 1. The van der Waals surface area contributed by atoms with Crippen LogP contribution >= 0.6 is 12.4 Å². The second-order valence-corrected chi connectivity index (χ2v) is 5.09. The number of benzene rings is 1. The van der Waals surface area contributed by atoms with E-state index in [1.54, 1.807) is 24.3 Å². The Morgan fingerprint density at radius 3 is 2.24 bits per heavy atom. The maximum Gasteiger partial charge on any atom is 0.251 e. The first-order valence-corrected chi connectivity index (χ1v) is 6.91. The van der Waals surface area contributed by atoms with Crippen LogP contribution in [0.2, 0.25) is 0 Å². The Kier molecular flexibility index (Phi) is 8.66. The summed E-state index contributed by atoms with van der Waals surface area (Å²) in [6.07, 6.45) is 1.52. The van der Waals surface area contributed by atoms with Gasteiger partial charge in [0, 0.05) is 17.3 Å². The van der Waals surface area contributed by atoms with Gasteiger partial charge in [0.05, 0.1) is 6.04 Å². The lowest BCUT2D eigenvalue weighted by Gasteiger charge is -2.12. The van der Waals surface area contributed by atoms with Crippen molar-refractivity contribution in [2.45, 2.75) is 45.7 Å². The van der Waals surface area contributed by atoms with Gasteiger partial charge in [0.25, 0.3) is 5.91 Å². The summed E-state index contributed by atoms with van der Waals surface area (Å²) in [5.74, 6) is -0.327. The average molecular weight is 314 g/mol. The van der Waals surface area contributed by atoms with Crippen LogP contribution in [0, 0.1) is 0 Å². The fourth-order valence-electron chi connectivity index (χ4n) is 1.73. The van der Waals surface area contributed by atoms with Crippen LogP contribution in [0.4, 0.5) is 5.69 Å². The maximum absolute atomic E-state index is 11.8. The number of nitrogens with one attached hydrogen (secondary N) is 2. The molecule has 4 N–H and O–H groups in total. The molecular formula is C15H24ClN3O2. The van der Waals surface area contributed by atoms with Crippen LogP contribution in [0.5, 0.6) is 0 Å². The van der Waals surface area contributed by atoms with Crippen molar-refractivity contribution >= 4 is 29.9 Å². The molecule has 0 heterocycles. The molecule has 1 atom stereocenters. The van der Waals surface area contributed by atoms with E-state index in [0.717, 1.165) is 6.42 Å². The Hall–Kier alpha value is -1.59. The SMILES string of the molecule is CCCC(N)C(=O)Nc1ccc(C(=O)NC(C)C)cc1.Cl. The van der Waals surface area contributed by atoms with E-state index in [4.69, 9.17) is 5.73 Å². The lowest BCUT2D eigenvalue weighted by Crippen LogP contribution is -2.35. The first-order chi connectivity index (χ1) is 9.43. The van der Waals surface area contributed by atoms with E-state index >= 15 is 0 Å². The number of carbonyl (C=O) groups is 2. The van der Waals surface area contributed by atoms with Gasteiger partial charge in [0.1, 0.15) is 0 Å². The van der Waals surface area contributed by atoms with E-state index < -0.39 is 6.04 Å². The molecule has 6 heteroatoms. The number of nitrogens with two attached hydrogens (primary N) is 1. The summed E-state index contributed by atoms with van der Waals surface area (Å²) < 4.78 is 0. The number of carbonyl (C=O) groups excluding carboxylic acids is 2. The zero-order chi connectivity index (χ0) is 15.1. The molecule has 1 rings (SSSR count). The van der Waals surface area contributed by atoms with Crippen LogP contribution in [0.3, 0.4) is 0 Å². The highest BCUT2D eigenvalue weighted by Crippen LogP contribution is 2.10. The van der Waals surface area contributed by atoms with E-state index in [-0.39, 0.29) is 30.3 Å². The highest BCUT2D eigenvalue weighted by molar-refractivity contribution is 5.97. The summed E-state index contributed by atoms with van der Waals surface area (Å²) in [6, 6.07) is 6.35. The van der Waals surface area contributed by atoms with Crippen molar-refractivity contribution < 1.29 is 9.59 Å². The molecule has 1 aromatic rings. The van der Waals surface area contributed by atoms with Crippen molar-refractivity contribution in [3.8, 4) is 0 Å². The summed E-state index contributed by atoms with van der Waals surface area (Å²) in [5, 5.41) is 5.55. The minimum Gasteiger partial charge on any atom is -0.350 e. The van der Waals surface area contributed by atoms with E-state index in [9.17, 15) is 9.59 Å². The third-order valence-corrected chi connectivity index (χ3v) is 2.77. The van der Waals surface area contributed by atoms with Gasteiger partial charge in [-0.2, -0.15) is 0 Å². The third-order valence-electron chi connectivity index (χ3n) is 2.77. The summed E-state index contributed by atoms with van der Waals surface area (Å²) >= 11 is 0. The van der Waals surface area contributed by atoms with Crippen LogP contribution in [0.15, 0.2) is 24.3 Å². The highest BCUT2D eigenvalue weighted by atomic mass is 35.5. The van der Waals surface area contributed by atoms with Gasteiger partial charge in [-0.05, 0) is 44.5 Å². The van der Waals surface area contributed by atoms with Crippen LogP contribution in [-0.4, -0.2) is 23.9 Å². The molecule has 0 saturated heterocycles. The number of halogens is 1. The zero-order valence-corrected chi connectivity index (χ0v) is 13.5. The minimum absolute atomic E-state index is 0. The Balaban J connectivity index is 0.00000400. The lowest BCUT2D eigenvalue weighted by molar-refractivity contribution is -0.117. The molecule has 1 unspecified atom stereocenters. The van der Waals surface area contributed by atoms with Crippen LogP contribution < -0.4 is 16.4 Å². The normalized spacial score (nSPS) is 11.5. The largest absolute Gasteiger partial charge is 0.350 e. The predicted octanol–water partition coefficient (Wildman–Crippen LogP) is 2.31. The fraction of sp³-hybridized carbons (Fsp3) is 0.467. The maximum atomic E-state index is 11.8. The quantitative estimate of drug-likeness (QED) is 0.753. The minimum atomic E-state index is -0.496. The number of rotatable bonds is 6. The van der Waals surface area contributed by atoms with Crippen molar-refractivity contribution in [2.24, 2.45) is 5.73 Å². The molecule has 0 aliphatic carbocycles. The van der Waals surface area contributed by atoms with Gasteiger partial charge in [-0.15, -0.1) is 12.4 Å². The Bertz CT molecular complexity index is 460. The van der Waals surface area contributed by atoms with Crippen LogP contribution in [0.25, 0.3) is 0 Å². The second-order valence-electron chi connectivity index (χ2n) is 5.09. The number of hydrogen-bond acceptors (Lipinski definition) is 3. The number of hydrogen-bond donors (Lipinski definition) is 3. The molecule has 0 radical (unpaired) electrons. The van der Waals surface area contributed by atoms with Gasteiger partial charge in [-0.1, -0.05) is 13.3 Å². The predicted molar refractivity (Wildman–Crippen MR) is 87.8 cm³/mol. The Labute approximate surface area is 132 Å². The average Bonchev–Trinajstić information content (AvgIpc) is 2.39. The van der Waals surface area contributed by atoms with E-state index in [1.807, 2.05) is 20.8 Å². The molecule has 0 spiro atoms. The van der Waals surface area contributed by atoms with Crippen LogP contribution in [-0.2, 0) is 4.79 Å². The van der Waals surface area contributed by atoms with E-state index in [2.05, 4.69) is 10.6 Å². The van der Waals surface area contributed by atoms with Crippen molar-refractivity contribution in [2.75, 3.05) is 5.32 Å². The van der Waals surface area contributed by atoms with Gasteiger partial charge in [0.15, 0.2) is 0 Å². The molecule has 0 bridgehead atoms. The Morgan fingerprint density at radius 1 is 1.19 bits per heavy atom. The second kappa shape index (κ2) is 9.37. The van der Waals surface area contributed by atoms with Crippen molar-refractivity contribution in [3.05, 3.63) is 29.8 Å². The molecule has 2 amide bonds. The summed E-state index contributed by atoms with van der Waals surface area (Å²) in [6.45, 7) is 5.79. The number of amides is 2. The molecular weight excluding hydrogens is 290 g/mol. The lowest BCUT2D eigenvalue weighted by atomic mass is 10.1. The molecule has 0 aliphatic heterocycles.